The topological polar surface area (TPSA) is 119 Å². The summed E-state index contributed by atoms with van der Waals surface area (Å²) in [7, 11) is 2.07. The van der Waals surface area contributed by atoms with E-state index in [1.54, 1.807) is 13.8 Å². The average Bonchev–Trinajstić information content (AvgIpc) is 3.07. The van der Waals surface area contributed by atoms with Crippen molar-refractivity contribution in [2.24, 2.45) is 17.1 Å². The SMILES string of the molecule is CC(C)Cc1nc(C2CCCN(C)C2)oc1C(=O)CNC(=O)[CH]CC(C)(C)C(N)=O. The number of Topliss-reactive ketones (excluding diaryl/α,β-unsaturated/α-hetero) is 1. The van der Waals surface area contributed by atoms with Crippen LogP contribution < -0.4 is 11.1 Å². The molecule has 1 aromatic heterocycles. The lowest BCUT2D eigenvalue weighted by Crippen LogP contribution is -2.35. The smallest absolute Gasteiger partial charge is 0.224 e. The Kier molecular flexibility index (Phi) is 8.18. The molecule has 167 valence electrons. The van der Waals surface area contributed by atoms with Gasteiger partial charge < -0.3 is 20.4 Å². The van der Waals surface area contributed by atoms with Gasteiger partial charge in [0.05, 0.1) is 18.7 Å². The molecule has 2 amide bonds. The molecule has 0 bridgehead atoms. The van der Waals surface area contributed by atoms with Gasteiger partial charge in [0, 0.05) is 17.9 Å². The van der Waals surface area contributed by atoms with E-state index in [0.29, 0.717) is 23.9 Å². The van der Waals surface area contributed by atoms with E-state index in [4.69, 9.17) is 10.2 Å². The first-order valence-electron chi connectivity index (χ1n) is 10.6. The van der Waals surface area contributed by atoms with Crippen LogP contribution >= 0.6 is 0 Å². The second-order valence-electron chi connectivity index (χ2n) is 9.32. The zero-order valence-corrected chi connectivity index (χ0v) is 18.8. The highest BCUT2D eigenvalue weighted by atomic mass is 16.4. The van der Waals surface area contributed by atoms with E-state index in [1.807, 2.05) is 0 Å². The van der Waals surface area contributed by atoms with Gasteiger partial charge in [-0.25, -0.2) is 4.98 Å². The molecule has 3 N–H and O–H groups in total. The van der Waals surface area contributed by atoms with Gasteiger partial charge in [0.1, 0.15) is 0 Å². The first-order valence-corrected chi connectivity index (χ1v) is 10.6. The number of nitrogens with two attached hydrogens (primary N) is 1. The van der Waals surface area contributed by atoms with E-state index < -0.39 is 17.2 Å². The minimum absolute atomic E-state index is 0.176. The molecule has 0 saturated carbocycles. The van der Waals surface area contributed by atoms with Crippen LogP contribution in [0.2, 0.25) is 0 Å². The van der Waals surface area contributed by atoms with Crippen molar-refractivity contribution >= 4 is 17.6 Å². The Balaban J connectivity index is 2.02. The minimum Gasteiger partial charge on any atom is -0.437 e. The first-order chi connectivity index (χ1) is 14.0. The number of oxazole rings is 1. The zero-order chi connectivity index (χ0) is 22.5. The number of rotatable bonds is 10. The number of nitrogens with one attached hydrogen (secondary N) is 1. The van der Waals surface area contributed by atoms with Crippen LogP contribution in [-0.4, -0.2) is 54.2 Å². The van der Waals surface area contributed by atoms with Crippen molar-refractivity contribution in [2.45, 2.75) is 59.3 Å². The zero-order valence-electron chi connectivity index (χ0n) is 18.8. The highest BCUT2D eigenvalue weighted by Crippen LogP contribution is 2.28. The average molecular weight is 420 g/mol. The van der Waals surface area contributed by atoms with Crippen LogP contribution in [0.4, 0.5) is 0 Å². The second-order valence-corrected chi connectivity index (χ2v) is 9.32. The Hall–Kier alpha value is -2.22. The maximum absolute atomic E-state index is 12.8. The molecule has 1 aliphatic heterocycles. The lowest BCUT2D eigenvalue weighted by molar-refractivity contribution is -0.126. The van der Waals surface area contributed by atoms with Crippen LogP contribution in [0, 0.1) is 17.8 Å². The lowest BCUT2D eigenvalue weighted by atomic mass is 9.87. The lowest BCUT2D eigenvalue weighted by Gasteiger charge is -2.27. The number of piperidine rings is 1. The maximum Gasteiger partial charge on any atom is 0.224 e. The molecule has 0 spiro atoms. The van der Waals surface area contributed by atoms with Gasteiger partial charge in [-0.1, -0.05) is 27.7 Å². The van der Waals surface area contributed by atoms with Crippen molar-refractivity contribution < 1.29 is 18.8 Å². The van der Waals surface area contributed by atoms with Gasteiger partial charge >= 0.3 is 0 Å². The third-order valence-electron chi connectivity index (χ3n) is 5.43. The molecular formula is C22H35N4O4. The van der Waals surface area contributed by atoms with Gasteiger partial charge in [-0.15, -0.1) is 0 Å². The predicted octanol–water partition coefficient (Wildman–Crippen LogP) is 2.09. The monoisotopic (exact) mass is 419 g/mol. The van der Waals surface area contributed by atoms with Crippen molar-refractivity contribution in [3.8, 4) is 0 Å². The summed E-state index contributed by atoms with van der Waals surface area (Å²) in [6, 6.07) is 0. The summed E-state index contributed by atoms with van der Waals surface area (Å²) in [5.74, 6) is 0.147. The molecule has 1 aliphatic rings. The molecule has 30 heavy (non-hydrogen) atoms. The highest BCUT2D eigenvalue weighted by molar-refractivity contribution is 5.99. The standard InChI is InChI=1S/C22H35N4O4/c1-14(2)11-16-19(30-20(25-16)15-7-6-10-26(5)13-15)17(27)12-24-18(28)8-9-22(3,4)21(23)29/h8,14-15H,6-7,9-13H2,1-5H3,(H2,23,29)(H,24,28). The van der Waals surface area contributed by atoms with E-state index in [1.165, 1.54) is 6.42 Å². The molecule has 0 aromatic carbocycles. The van der Waals surface area contributed by atoms with Crippen LogP contribution in [0.5, 0.6) is 0 Å². The normalized spacial score (nSPS) is 17.9. The van der Waals surface area contributed by atoms with Crippen LogP contribution in [0.3, 0.4) is 0 Å². The Labute approximate surface area is 179 Å². The predicted molar refractivity (Wildman–Crippen MR) is 114 cm³/mol. The summed E-state index contributed by atoms with van der Waals surface area (Å²) in [6.07, 6.45) is 4.24. The third kappa shape index (κ3) is 6.65. The third-order valence-corrected chi connectivity index (χ3v) is 5.43. The van der Waals surface area contributed by atoms with E-state index in [9.17, 15) is 14.4 Å². The highest BCUT2D eigenvalue weighted by Gasteiger charge is 2.29. The number of likely N-dealkylation sites (tertiary alicyclic amines) is 1. The number of amides is 2. The fourth-order valence-corrected chi connectivity index (χ4v) is 3.42. The van der Waals surface area contributed by atoms with Gasteiger partial charge in [0.25, 0.3) is 0 Å². The van der Waals surface area contributed by atoms with Crippen molar-refractivity contribution in [3.63, 3.8) is 0 Å². The molecular weight excluding hydrogens is 384 g/mol. The summed E-state index contributed by atoms with van der Waals surface area (Å²) in [6.45, 7) is 9.19. The molecule has 1 unspecified atom stereocenters. The minimum atomic E-state index is -0.821. The molecule has 2 rings (SSSR count). The Morgan fingerprint density at radius 3 is 2.67 bits per heavy atom. The summed E-state index contributed by atoms with van der Waals surface area (Å²) in [4.78, 5) is 43.1. The van der Waals surface area contributed by atoms with E-state index in [2.05, 4.69) is 36.1 Å². The molecule has 1 atom stereocenters. The molecule has 0 aliphatic carbocycles. The van der Waals surface area contributed by atoms with Crippen LogP contribution in [0.25, 0.3) is 0 Å². The van der Waals surface area contributed by atoms with Crippen molar-refractivity contribution in [1.29, 1.82) is 0 Å². The number of hydrogen-bond donors (Lipinski definition) is 2. The summed E-state index contributed by atoms with van der Waals surface area (Å²) >= 11 is 0. The number of likely N-dealkylation sites (N-methyl/N-ethyl adjacent to an activating group) is 1. The van der Waals surface area contributed by atoms with E-state index in [-0.39, 0.29) is 30.4 Å². The van der Waals surface area contributed by atoms with Crippen LogP contribution in [0.15, 0.2) is 4.42 Å². The van der Waals surface area contributed by atoms with Gasteiger partial charge in [0.2, 0.25) is 17.6 Å². The van der Waals surface area contributed by atoms with Crippen molar-refractivity contribution in [3.05, 3.63) is 23.8 Å². The number of ketones is 1. The number of hydrogen-bond acceptors (Lipinski definition) is 6. The fraction of sp³-hybridized carbons (Fsp3) is 0.682. The largest absolute Gasteiger partial charge is 0.437 e. The molecule has 8 heteroatoms. The fourth-order valence-electron chi connectivity index (χ4n) is 3.42. The number of primary amides is 1. The summed E-state index contributed by atoms with van der Waals surface area (Å²) in [5, 5.41) is 2.58. The molecule has 1 saturated heterocycles. The summed E-state index contributed by atoms with van der Waals surface area (Å²) < 4.78 is 5.93. The maximum atomic E-state index is 12.8. The number of carbonyl (C=O) groups excluding carboxylic acids is 3. The van der Waals surface area contributed by atoms with Crippen LogP contribution in [0.1, 0.15) is 75.0 Å². The second kappa shape index (κ2) is 10.2. The van der Waals surface area contributed by atoms with Crippen LogP contribution in [-0.2, 0) is 16.0 Å². The number of aromatic nitrogens is 1. The Morgan fingerprint density at radius 2 is 2.07 bits per heavy atom. The molecule has 1 radical (unpaired) electrons. The Bertz CT molecular complexity index is 769. The number of carbonyl (C=O) groups is 3. The first kappa shape index (κ1) is 24.1. The number of nitrogens with zero attached hydrogens (tertiary/aromatic N) is 2. The Morgan fingerprint density at radius 1 is 1.37 bits per heavy atom. The van der Waals surface area contributed by atoms with Gasteiger partial charge in [0.15, 0.2) is 11.7 Å². The van der Waals surface area contributed by atoms with Crippen molar-refractivity contribution in [1.82, 2.24) is 15.2 Å². The molecule has 1 aromatic rings. The molecule has 1 fully saturated rings. The van der Waals surface area contributed by atoms with E-state index >= 15 is 0 Å². The van der Waals surface area contributed by atoms with Gasteiger partial charge in [-0.3, -0.25) is 14.4 Å². The van der Waals surface area contributed by atoms with Gasteiger partial charge in [-0.2, -0.15) is 0 Å². The molecule has 2 heterocycles. The summed E-state index contributed by atoms with van der Waals surface area (Å²) in [5.41, 5.74) is 5.15. The van der Waals surface area contributed by atoms with Crippen molar-refractivity contribution in [2.75, 3.05) is 26.7 Å². The quantitative estimate of drug-likeness (QED) is 0.561. The van der Waals surface area contributed by atoms with Gasteiger partial charge in [-0.05, 0) is 45.2 Å². The molecule has 8 nitrogen and oxygen atoms in total. The van der Waals surface area contributed by atoms with E-state index in [0.717, 1.165) is 25.9 Å².